The first kappa shape index (κ1) is 7.72. The molecular formula is C6H4BFN2O. The van der Waals surface area contributed by atoms with Crippen LogP contribution >= 0.6 is 0 Å². The first-order chi connectivity index (χ1) is 5.11. The summed E-state index contributed by atoms with van der Waals surface area (Å²) in [7, 11) is 5.18. The van der Waals surface area contributed by atoms with Crippen molar-refractivity contribution in [2.45, 2.75) is 0 Å². The first-order valence-electron chi connectivity index (χ1n) is 2.82. The molecule has 1 aromatic rings. The number of halogens is 1. The molecule has 0 unspecified atom stereocenters. The van der Waals surface area contributed by atoms with Crippen LogP contribution in [-0.2, 0) is 0 Å². The van der Waals surface area contributed by atoms with Gasteiger partial charge in [-0.1, -0.05) is 0 Å². The largest absolute Gasteiger partial charge is 0.366 e. The molecule has 2 radical (unpaired) electrons. The number of pyridine rings is 1. The van der Waals surface area contributed by atoms with E-state index < -0.39 is 11.7 Å². The van der Waals surface area contributed by atoms with Crippen LogP contribution in [0.1, 0.15) is 10.4 Å². The Labute approximate surface area is 63.8 Å². The summed E-state index contributed by atoms with van der Waals surface area (Å²) in [6, 6.07) is 1.09. The molecule has 1 rings (SSSR count). The molecule has 2 N–H and O–H groups in total. The molecule has 0 aliphatic carbocycles. The number of rotatable bonds is 1. The maximum absolute atomic E-state index is 12.6. The van der Waals surface area contributed by atoms with Crippen molar-refractivity contribution in [2.75, 3.05) is 0 Å². The van der Waals surface area contributed by atoms with Crippen LogP contribution in [0.5, 0.6) is 0 Å². The number of hydrogen-bond donors (Lipinski definition) is 1. The smallest absolute Gasteiger partial charge is 0.251 e. The third-order valence-electron chi connectivity index (χ3n) is 1.14. The zero-order chi connectivity index (χ0) is 8.43. The molecule has 0 aliphatic heterocycles. The van der Waals surface area contributed by atoms with Gasteiger partial charge >= 0.3 is 0 Å². The molecule has 0 aliphatic rings. The van der Waals surface area contributed by atoms with Gasteiger partial charge in [0.1, 0.15) is 7.85 Å². The van der Waals surface area contributed by atoms with Crippen molar-refractivity contribution < 1.29 is 9.18 Å². The minimum atomic E-state index is -0.850. The molecule has 1 aromatic heterocycles. The highest BCUT2D eigenvalue weighted by molar-refractivity contribution is 6.31. The Hall–Kier alpha value is -1.39. The number of hydrogen-bond acceptors (Lipinski definition) is 2. The van der Waals surface area contributed by atoms with E-state index in [0.29, 0.717) is 0 Å². The van der Waals surface area contributed by atoms with Crippen molar-refractivity contribution in [3.63, 3.8) is 0 Å². The molecule has 0 aromatic carbocycles. The van der Waals surface area contributed by atoms with Gasteiger partial charge in [-0.15, -0.1) is 0 Å². The molecule has 0 saturated heterocycles. The van der Waals surface area contributed by atoms with Crippen molar-refractivity contribution in [1.29, 1.82) is 0 Å². The van der Waals surface area contributed by atoms with E-state index in [1.54, 1.807) is 0 Å². The lowest BCUT2D eigenvalue weighted by atomic mass is 10.0. The average Bonchev–Trinajstić information content (AvgIpc) is 1.94. The minimum Gasteiger partial charge on any atom is -0.366 e. The maximum atomic E-state index is 12.6. The molecule has 3 nitrogen and oxygen atoms in total. The van der Waals surface area contributed by atoms with E-state index in [0.717, 1.165) is 12.3 Å². The monoisotopic (exact) mass is 150 g/mol. The van der Waals surface area contributed by atoms with Crippen LogP contribution in [0.25, 0.3) is 0 Å². The topological polar surface area (TPSA) is 56.0 Å². The van der Waals surface area contributed by atoms with Gasteiger partial charge in [0.05, 0.1) is 11.8 Å². The molecule has 1 heterocycles. The highest BCUT2D eigenvalue weighted by Crippen LogP contribution is 2.00. The van der Waals surface area contributed by atoms with Gasteiger partial charge in [0.25, 0.3) is 5.91 Å². The normalized spacial score (nSPS) is 9.55. The lowest BCUT2D eigenvalue weighted by Gasteiger charge is -1.97. The number of carbonyl (C=O) groups excluding carboxylic acids is 1. The van der Waals surface area contributed by atoms with E-state index in [1.165, 1.54) is 0 Å². The Morgan fingerprint density at radius 1 is 1.73 bits per heavy atom. The molecule has 0 fully saturated rings. The number of nitrogens with zero attached hydrogens (tertiary/aromatic N) is 1. The highest BCUT2D eigenvalue weighted by atomic mass is 19.1. The van der Waals surface area contributed by atoms with Crippen molar-refractivity contribution in [1.82, 2.24) is 4.98 Å². The second-order valence-corrected chi connectivity index (χ2v) is 1.95. The van der Waals surface area contributed by atoms with Gasteiger partial charge < -0.3 is 5.73 Å². The van der Waals surface area contributed by atoms with E-state index in [1.807, 2.05) is 0 Å². The summed E-state index contributed by atoms with van der Waals surface area (Å²) in [6.45, 7) is 0. The summed E-state index contributed by atoms with van der Waals surface area (Å²) < 4.78 is 12.6. The average molecular weight is 150 g/mol. The standard InChI is InChI=1S/C6H4BFN2O/c7-5-1-3(6(9)11)4(8)2-10-5/h1-2H,(H2,9,11). The van der Waals surface area contributed by atoms with Crippen LogP contribution < -0.4 is 11.3 Å². The SMILES string of the molecule is [B]c1cc(C(N)=O)c(F)cn1. The third-order valence-corrected chi connectivity index (χ3v) is 1.14. The van der Waals surface area contributed by atoms with Crippen LogP contribution in [0.15, 0.2) is 12.3 Å². The molecular weight excluding hydrogens is 146 g/mol. The van der Waals surface area contributed by atoms with Gasteiger partial charge in [0.2, 0.25) is 0 Å². The molecule has 1 amide bonds. The van der Waals surface area contributed by atoms with Gasteiger partial charge in [-0.2, -0.15) is 0 Å². The Balaban J connectivity index is 3.23. The summed E-state index contributed by atoms with van der Waals surface area (Å²) in [4.78, 5) is 13.9. The molecule has 11 heavy (non-hydrogen) atoms. The van der Waals surface area contributed by atoms with Crippen molar-refractivity contribution in [3.05, 3.63) is 23.6 Å². The second-order valence-electron chi connectivity index (χ2n) is 1.95. The molecule has 0 bridgehead atoms. The number of nitrogens with two attached hydrogens (primary N) is 1. The lowest BCUT2D eigenvalue weighted by Crippen LogP contribution is -2.18. The molecule has 5 heteroatoms. The summed E-state index contributed by atoms with van der Waals surface area (Å²) in [5.41, 5.74) is 4.65. The van der Waals surface area contributed by atoms with Crippen LogP contribution in [0.2, 0.25) is 0 Å². The Morgan fingerprint density at radius 2 is 2.36 bits per heavy atom. The van der Waals surface area contributed by atoms with E-state index in [9.17, 15) is 9.18 Å². The molecule has 54 valence electrons. The van der Waals surface area contributed by atoms with Gasteiger partial charge in [-0.3, -0.25) is 9.78 Å². The van der Waals surface area contributed by atoms with Crippen LogP contribution in [0, 0.1) is 5.82 Å². The van der Waals surface area contributed by atoms with Gasteiger partial charge in [0, 0.05) is 0 Å². The fraction of sp³-hybridized carbons (Fsp3) is 0. The first-order valence-corrected chi connectivity index (χ1v) is 2.82. The minimum absolute atomic E-state index is 0.0696. The van der Waals surface area contributed by atoms with Crippen LogP contribution in [-0.4, -0.2) is 18.7 Å². The Kier molecular flexibility index (Phi) is 1.89. The number of aromatic nitrogens is 1. The fourth-order valence-electron chi connectivity index (χ4n) is 0.644. The van der Waals surface area contributed by atoms with E-state index in [2.05, 4.69) is 4.98 Å². The quantitative estimate of drug-likeness (QED) is 0.528. The summed E-state index contributed by atoms with van der Waals surface area (Å²) >= 11 is 0. The summed E-state index contributed by atoms with van der Waals surface area (Å²) in [5.74, 6) is -1.61. The predicted octanol–water partition coefficient (Wildman–Crippen LogP) is -0.887. The van der Waals surface area contributed by atoms with Crippen molar-refractivity contribution >= 4 is 19.3 Å². The van der Waals surface area contributed by atoms with E-state index in [4.69, 9.17) is 13.6 Å². The maximum Gasteiger partial charge on any atom is 0.251 e. The highest BCUT2D eigenvalue weighted by Gasteiger charge is 2.07. The van der Waals surface area contributed by atoms with Gasteiger partial charge in [0.15, 0.2) is 5.82 Å². The van der Waals surface area contributed by atoms with Crippen LogP contribution in [0.3, 0.4) is 0 Å². The molecule has 0 saturated carbocycles. The fourth-order valence-corrected chi connectivity index (χ4v) is 0.644. The van der Waals surface area contributed by atoms with Crippen LogP contribution in [0.4, 0.5) is 4.39 Å². The molecule has 0 spiro atoms. The van der Waals surface area contributed by atoms with E-state index in [-0.39, 0.29) is 11.2 Å². The number of carbonyl (C=O) groups is 1. The van der Waals surface area contributed by atoms with Crippen molar-refractivity contribution in [2.24, 2.45) is 5.73 Å². The number of primary amides is 1. The number of amides is 1. The van der Waals surface area contributed by atoms with Gasteiger partial charge in [-0.25, -0.2) is 4.39 Å². The third kappa shape index (κ3) is 1.55. The Bertz CT molecular complexity index is 303. The summed E-state index contributed by atoms with van der Waals surface area (Å²) in [6.07, 6.45) is 0.857. The van der Waals surface area contributed by atoms with Crippen molar-refractivity contribution in [3.8, 4) is 0 Å². The molecule has 0 atom stereocenters. The van der Waals surface area contributed by atoms with Gasteiger partial charge in [-0.05, 0) is 11.7 Å². The zero-order valence-corrected chi connectivity index (χ0v) is 5.54. The van der Waals surface area contributed by atoms with E-state index >= 15 is 0 Å². The lowest BCUT2D eigenvalue weighted by molar-refractivity contribution is 0.0996. The Morgan fingerprint density at radius 3 is 2.82 bits per heavy atom. The second kappa shape index (κ2) is 2.69. The predicted molar refractivity (Wildman–Crippen MR) is 38.1 cm³/mol. The summed E-state index contributed by atoms with van der Waals surface area (Å²) in [5, 5.41) is 0. The zero-order valence-electron chi connectivity index (χ0n) is 5.54.